The fourth-order valence-electron chi connectivity index (χ4n) is 3.15. The van der Waals surface area contributed by atoms with Crippen LogP contribution in [0.25, 0.3) is 0 Å². The van der Waals surface area contributed by atoms with E-state index in [9.17, 15) is 4.79 Å². The van der Waals surface area contributed by atoms with Crippen LogP contribution in [0.1, 0.15) is 58.3 Å². The highest BCUT2D eigenvalue weighted by atomic mass is 16.2. The number of amides is 1. The summed E-state index contributed by atoms with van der Waals surface area (Å²) in [6.45, 7) is 3.17. The summed E-state index contributed by atoms with van der Waals surface area (Å²) in [6.07, 6.45) is 10.0. The molecular weight excluding hydrogens is 212 g/mol. The molecule has 0 aromatic heterocycles. The lowest BCUT2D eigenvalue weighted by Gasteiger charge is -2.30. The molecule has 2 aliphatic rings. The van der Waals surface area contributed by atoms with Gasteiger partial charge in [0.1, 0.15) is 0 Å². The van der Waals surface area contributed by atoms with Crippen LogP contribution in [-0.4, -0.2) is 24.5 Å². The summed E-state index contributed by atoms with van der Waals surface area (Å²) in [6, 6.07) is 0.418. The maximum atomic E-state index is 12.1. The Bertz CT molecular complexity index is 243. The Hall–Kier alpha value is -0.570. The number of hydrogen-bond donors (Lipinski definition) is 2. The molecule has 0 radical (unpaired) electrons. The lowest BCUT2D eigenvalue weighted by molar-refractivity contribution is -0.124. The second-order valence-electron chi connectivity index (χ2n) is 5.70. The first kappa shape index (κ1) is 12.9. The summed E-state index contributed by atoms with van der Waals surface area (Å²) in [7, 11) is 0. The van der Waals surface area contributed by atoms with Crippen LogP contribution in [0.2, 0.25) is 0 Å². The molecule has 1 amide bonds. The zero-order valence-electron chi connectivity index (χ0n) is 11.0. The first-order valence-electron chi connectivity index (χ1n) is 7.31. The Morgan fingerprint density at radius 1 is 1.12 bits per heavy atom. The van der Waals surface area contributed by atoms with Crippen LogP contribution in [0.4, 0.5) is 0 Å². The maximum Gasteiger partial charge on any atom is 0.237 e. The highest BCUT2D eigenvalue weighted by Crippen LogP contribution is 2.26. The van der Waals surface area contributed by atoms with E-state index in [-0.39, 0.29) is 11.9 Å². The Labute approximate surface area is 105 Å². The minimum atomic E-state index is 0.0646. The predicted octanol–water partition coefficient (Wildman–Crippen LogP) is 2.21. The predicted molar refractivity (Wildman–Crippen MR) is 69.8 cm³/mol. The summed E-state index contributed by atoms with van der Waals surface area (Å²) in [5.74, 6) is 0.930. The summed E-state index contributed by atoms with van der Waals surface area (Å²) in [5.41, 5.74) is 0. The smallest absolute Gasteiger partial charge is 0.237 e. The summed E-state index contributed by atoms with van der Waals surface area (Å²) in [4.78, 5) is 12.1. The number of carbonyl (C=O) groups excluding carboxylic acids is 1. The molecule has 2 fully saturated rings. The van der Waals surface area contributed by atoms with Crippen molar-refractivity contribution in [1.29, 1.82) is 0 Å². The monoisotopic (exact) mass is 238 g/mol. The molecule has 17 heavy (non-hydrogen) atoms. The topological polar surface area (TPSA) is 41.1 Å². The molecule has 1 saturated heterocycles. The molecule has 1 unspecified atom stereocenters. The molecule has 1 saturated carbocycles. The lowest BCUT2D eigenvalue weighted by Crippen LogP contribution is -2.50. The minimum absolute atomic E-state index is 0.0646. The van der Waals surface area contributed by atoms with Crippen molar-refractivity contribution in [1.82, 2.24) is 10.6 Å². The van der Waals surface area contributed by atoms with Gasteiger partial charge in [0.2, 0.25) is 5.91 Å². The van der Waals surface area contributed by atoms with Crippen LogP contribution in [0.15, 0.2) is 0 Å². The molecule has 98 valence electrons. The van der Waals surface area contributed by atoms with E-state index >= 15 is 0 Å². The summed E-state index contributed by atoms with van der Waals surface area (Å²) >= 11 is 0. The van der Waals surface area contributed by atoms with Gasteiger partial charge in [0, 0.05) is 6.04 Å². The van der Waals surface area contributed by atoms with Crippen molar-refractivity contribution in [2.24, 2.45) is 5.92 Å². The van der Waals surface area contributed by atoms with Crippen molar-refractivity contribution in [2.75, 3.05) is 6.54 Å². The van der Waals surface area contributed by atoms with Gasteiger partial charge in [0.25, 0.3) is 0 Å². The molecular formula is C14H26N2O. The fraction of sp³-hybridized carbons (Fsp3) is 0.929. The van der Waals surface area contributed by atoms with Gasteiger partial charge in [-0.2, -0.15) is 0 Å². The average Bonchev–Trinajstić information content (AvgIpc) is 2.40. The van der Waals surface area contributed by atoms with Gasteiger partial charge in [-0.25, -0.2) is 0 Å². The molecule has 2 atom stereocenters. The number of hydrogen-bond acceptors (Lipinski definition) is 2. The van der Waals surface area contributed by atoms with Gasteiger partial charge in [-0.3, -0.25) is 4.79 Å². The van der Waals surface area contributed by atoms with Gasteiger partial charge >= 0.3 is 0 Å². The second-order valence-corrected chi connectivity index (χ2v) is 5.70. The van der Waals surface area contributed by atoms with E-state index in [4.69, 9.17) is 0 Å². The largest absolute Gasteiger partial charge is 0.352 e. The van der Waals surface area contributed by atoms with Crippen LogP contribution >= 0.6 is 0 Å². The molecule has 2 rings (SSSR count). The molecule has 0 spiro atoms. The van der Waals surface area contributed by atoms with Crippen molar-refractivity contribution in [2.45, 2.75) is 70.4 Å². The van der Waals surface area contributed by atoms with E-state index in [1.54, 1.807) is 0 Å². The molecule has 0 aromatic rings. The average molecular weight is 238 g/mol. The Kier molecular flexibility index (Phi) is 4.84. The number of piperidine rings is 1. The normalized spacial score (nSPS) is 28.6. The SMILES string of the molecule is CC(NC(=O)[C@@H]1CCCCN1)C1CCCCC1. The molecule has 1 heterocycles. The number of carbonyl (C=O) groups is 1. The zero-order chi connectivity index (χ0) is 12.1. The molecule has 3 nitrogen and oxygen atoms in total. The minimum Gasteiger partial charge on any atom is -0.352 e. The quantitative estimate of drug-likeness (QED) is 0.791. The first-order chi connectivity index (χ1) is 8.27. The Balaban J connectivity index is 1.76. The van der Waals surface area contributed by atoms with E-state index in [1.807, 2.05) is 0 Å². The van der Waals surface area contributed by atoms with E-state index in [0.29, 0.717) is 12.0 Å². The molecule has 2 N–H and O–H groups in total. The Morgan fingerprint density at radius 3 is 2.47 bits per heavy atom. The van der Waals surface area contributed by atoms with Crippen LogP contribution < -0.4 is 10.6 Å². The third-order valence-corrected chi connectivity index (χ3v) is 4.35. The van der Waals surface area contributed by atoms with E-state index in [2.05, 4.69) is 17.6 Å². The first-order valence-corrected chi connectivity index (χ1v) is 7.31. The number of rotatable bonds is 3. The van der Waals surface area contributed by atoms with Gasteiger partial charge in [0.15, 0.2) is 0 Å². The number of nitrogens with one attached hydrogen (secondary N) is 2. The van der Waals surface area contributed by atoms with Crippen molar-refractivity contribution >= 4 is 5.91 Å². The molecule has 1 aliphatic heterocycles. The zero-order valence-corrected chi connectivity index (χ0v) is 11.0. The van der Waals surface area contributed by atoms with Gasteiger partial charge < -0.3 is 10.6 Å². The Morgan fingerprint density at radius 2 is 1.82 bits per heavy atom. The summed E-state index contributed by atoms with van der Waals surface area (Å²) < 4.78 is 0. The molecule has 1 aliphatic carbocycles. The second kappa shape index (κ2) is 6.39. The maximum absolute atomic E-state index is 12.1. The highest BCUT2D eigenvalue weighted by Gasteiger charge is 2.25. The van der Waals surface area contributed by atoms with E-state index < -0.39 is 0 Å². The lowest BCUT2D eigenvalue weighted by atomic mass is 9.84. The van der Waals surface area contributed by atoms with Crippen LogP contribution in [-0.2, 0) is 4.79 Å². The van der Waals surface area contributed by atoms with Gasteiger partial charge in [-0.05, 0) is 45.1 Å². The van der Waals surface area contributed by atoms with Crippen LogP contribution in [0.5, 0.6) is 0 Å². The molecule has 3 heteroatoms. The van der Waals surface area contributed by atoms with Gasteiger partial charge in [-0.15, -0.1) is 0 Å². The van der Waals surface area contributed by atoms with Crippen molar-refractivity contribution in [3.63, 3.8) is 0 Å². The van der Waals surface area contributed by atoms with Crippen LogP contribution in [0, 0.1) is 5.92 Å². The van der Waals surface area contributed by atoms with Crippen molar-refractivity contribution in [3.8, 4) is 0 Å². The molecule has 0 bridgehead atoms. The van der Waals surface area contributed by atoms with Crippen LogP contribution in [0.3, 0.4) is 0 Å². The molecule has 0 aromatic carbocycles. The van der Waals surface area contributed by atoms with Gasteiger partial charge in [0.05, 0.1) is 6.04 Å². The van der Waals surface area contributed by atoms with Crippen molar-refractivity contribution < 1.29 is 4.79 Å². The standard InChI is InChI=1S/C14H26N2O/c1-11(12-7-3-2-4-8-12)16-14(17)13-9-5-6-10-15-13/h11-13,15H,2-10H2,1H3,(H,16,17)/t11?,13-/m0/s1. The third-order valence-electron chi connectivity index (χ3n) is 4.35. The van der Waals surface area contributed by atoms with Gasteiger partial charge in [-0.1, -0.05) is 25.7 Å². The fourth-order valence-corrected chi connectivity index (χ4v) is 3.15. The van der Waals surface area contributed by atoms with Crippen molar-refractivity contribution in [3.05, 3.63) is 0 Å². The third kappa shape index (κ3) is 3.70. The van der Waals surface area contributed by atoms with E-state index in [0.717, 1.165) is 13.0 Å². The highest BCUT2D eigenvalue weighted by molar-refractivity contribution is 5.82. The van der Waals surface area contributed by atoms with E-state index in [1.165, 1.54) is 44.9 Å². The summed E-state index contributed by atoms with van der Waals surface area (Å²) in [5, 5.41) is 6.53.